The van der Waals surface area contributed by atoms with E-state index in [9.17, 15) is 0 Å². The molecule has 0 unspecified atom stereocenters. The number of hydrogen-bond acceptors (Lipinski definition) is 1. The molecule has 11 heavy (non-hydrogen) atoms. The normalized spacial score (nSPS) is 18.8. The zero-order valence-corrected chi connectivity index (χ0v) is 8.61. The molecule has 0 saturated heterocycles. The van der Waals surface area contributed by atoms with Gasteiger partial charge in [-0.15, -0.1) is 36.6 Å². The number of rotatable bonds is 0. The van der Waals surface area contributed by atoms with Crippen molar-refractivity contribution in [3.8, 4) is 0 Å². The highest BCUT2D eigenvalue weighted by Crippen LogP contribution is 2.37. The van der Waals surface area contributed by atoms with Crippen LogP contribution >= 0.6 is 36.6 Å². The standard InChI is InChI=1S/C8H8S.2ClH/c1-6-4-7-2-3-9-8(7)5-6;;/h2,4-5H,3H2,1H3;2*1H. The molecule has 0 fully saturated rings. The Morgan fingerprint density at radius 2 is 2.00 bits per heavy atom. The molecule has 3 heteroatoms. The number of hydrogen-bond donors (Lipinski definition) is 0. The molecule has 2 aliphatic rings. The summed E-state index contributed by atoms with van der Waals surface area (Å²) in [5, 5.41) is 0. The van der Waals surface area contributed by atoms with Crippen molar-refractivity contribution < 1.29 is 0 Å². The third-order valence-electron chi connectivity index (χ3n) is 1.57. The molecule has 0 N–H and O–H groups in total. The van der Waals surface area contributed by atoms with E-state index in [4.69, 9.17) is 0 Å². The van der Waals surface area contributed by atoms with E-state index in [2.05, 4.69) is 25.2 Å². The van der Waals surface area contributed by atoms with Gasteiger partial charge in [0, 0.05) is 10.7 Å². The van der Waals surface area contributed by atoms with Crippen LogP contribution in [-0.2, 0) is 0 Å². The molecule has 0 aromatic carbocycles. The van der Waals surface area contributed by atoms with Crippen LogP contribution in [0.5, 0.6) is 0 Å². The number of thioether (sulfide) groups is 1. The fourth-order valence-corrected chi connectivity index (χ4v) is 2.17. The lowest BCUT2D eigenvalue weighted by Gasteiger charge is -1.87. The summed E-state index contributed by atoms with van der Waals surface area (Å²) >= 11 is 1.93. The maximum absolute atomic E-state index is 2.28. The molecule has 0 saturated carbocycles. The fraction of sp³-hybridized carbons (Fsp3) is 0.250. The van der Waals surface area contributed by atoms with Gasteiger partial charge in [-0.1, -0.05) is 12.2 Å². The minimum Gasteiger partial charge on any atom is -0.147 e. The Hall–Kier alpha value is 0.150. The van der Waals surface area contributed by atoms with Gasteiger partial charge in [0.15, 0.2) is 0 Å². The summed E-state index contributed by atoms with van der Waals surface area (Å²) in [4.78, 5) is 1.47. The van der Waals surface area contributed by atoms with Gasteiger partial charge in [-0.25, -0.2) is 0 Å². The first-order valence-electron chi connectivity index (χ1n) is 3.09. The molecule has 1 aliphatic carbocycles. The van der Waals surface area contributed by atoms with E-state index in [0.29, 0.717) is 0 Å². The zero-order chi connectivity index (χ0) is 6.27. The monoisotopic (exact) mass is 208 g/mol. The third kappa shape index (κ3) is 2.05. The first-order valence-corrected chi connectivity index (χ1v) is 4.08. The first-order chi connectivity index (χ1) is 4.36. The average Bonchev–Trinajstić information content (AvgIpc) is 2.22. The molecule has 0 bridgehead atoms. The maximum Gasteiger partial charge on any atom is 0.0170 e. The second-order valence-corrected chi connectivity index (χ2v) is 3.43. The first kappa shape index (κ1) is 11.2. The molecular formula is C8H10Cl2S. The van der Waals surface area contributed by atoms with Gasteiger partial charge in [0.25, 0.3) is 0 Å². The van der Waals surface area contributed by atoms with Crippen LogP contribution in [0.1, 0.15) is 6.92 Å². The van der Waals surface area contributed by atoms with Crippen LogP contribution in [-0.4, -0.2) is 5.75 Å². The van der Waals surface area contributed by atoms with Crippen molar-refractivity contribution in [1.82, 2.24) is 0 Å². The lowest BCUT2D eigenvalue weighted by atomic mass is 10.3. The number of fused-ring (bicyclic) bond motifs is 1. The summed E-state index contributed by atoms with van der Waals surface area (Å²) in [6, 6.07) is 0. The van der Waals surface area contributed by atoms with Crippen LogP contribution in [0.15, 0.2) is 34.3 Å². The quantitative estimate of drug-likeness (QED) is 0.589. The van der Waals surface area contributed by atoms with Gasteiger partial charge in [0.1, 0.15) is 0 Å². The lowest BCUT2D eigenvalue weighted by Crippen LogP contribution is -1.63. The highest BCUT2D eigenvalue weighted by atomic mass is 35.5. The minimum absolute atomic E-state index is 0. The van der Waals surface area contributed by atoms with Crippen molar-refractivity contribution in [2.75, 3.05) is 5.75 Å². The van der Waals surface area contributed by atoms with Gasteiger partial charge in [0.05, 0.1) is 0 Å². The Morgan fingerprint density at radius 3 is 2.64 bits per heavy atom. The van der Waals surface area contributed by atoms with Crippen LogP contribution in [0.25, 0.3) is 0 Å². The Labute approximate surface area is 83.6 Å². The molecular weight excluding hydrogens is 199 g/mol. The number of halogens is 2. The van der Waals surface area contributed by atoms with Crippen LogP contribution in [0.3, 0.4) is 0 Å². The van der Waals surface area contributed by atoms with Gasteiger partial charge in [-0.05, 0) is 24.1 Å². The van der Waals surface area contributed by atoms with Gasteiger partial charge in [-0.2, -0.15) is 0 Å². The van der Waals surface area contributed by atoms with Crippen LogP contribution < -0.4 is 0 Å². The van der Waals surface area contributed by atoms with E-state index in [-0.39, 0.29) is 24.8 Å². The second kappa shape index (κ2) is 4.24. The molecule has 0 spiro atoms. The van der Waals surface area contributed by atoms with Crippen molar-refractivity contribution in [3.63, 3.8) is 0 Å². The van der Waals surface area contributed by atoms with Crippen LogP contribution in [0.4, 0.5) is 0 Å². The van der Waals surface area contributed by atoms with Crippen molar-refractivity contribution >= 4 is 36.6 Å². The minimum atomic E-state index is 0. The molecule has 2 rings (SSSR count). The van der Waals surface area contributed by atoms with E-state index in [0.717, 1.165) is 0 Å². The fourth-order valence-electron chi connectivity index (χ4n) is 1.15. The van der Waals surface area contributed by atoms with Gasteiger partial charge in [-0.3, -0.25) is 0 Å². The van der Waals surface area contributed by atoms with Gasteiger partial charge < -0.3 is 0 Å². The van der Waals surface area contributed by atoms with Gasteiger partial charge in [0.2, 0.25) is 0 Å². The summed E-state index contributed by atoms with van der Waals surface area (Å²) in [7, 11) is 0. The Kier molecular flexibility index (Phi) is 4.30. The summed E-state index contributed by atoms with van der Waals surface area (Å²) in [6.07, 6.45) is 6.78. The van der Waals surface area contributed by atoms with E-state index >= 15 is 0 Å². The molecule has 1 heterocycles. The van der Waals surface area contributed by atoms with E-state index in [1.807, 2.05) is 11.8 Å². The molecule has 62 valence electrons. The summed E-state index contributed by atoms with van der Waals surface area (Å²) in [5.74, 6) is 1.17. The van der Waals surface area contributed by atoms with Crippen molar-refractivity contribution in [1.29, 1.82) is 0 Å². The molecule has 0 atom stereocenters. The maximum atomic E-state index is 2.28. The highest BCUT2D eigenvalue weighted by molar-refractivity contribution is 8.03. The molecule has 0 aromatic heterocycles. The second-order valence-electron chi connectivity index (χ2n) is 2.37. The molecule has 1 aliphatic heterocycles. The highest BCUT2D eigenvalue weighted by Gasteiger charge is 2.13. The SMILES string of the molecule is CC1=CC2=CCSC2=C1.Cl.Cl. The predicted octanol–water partition coefficient (Wildman–Crippen LogP) is 3.35. The molecule has 0 nitrogen and oxygen atoms in total. The Bertz CT molecular complexity index is 238. The average molecular weight is 209 g/mol. The number of allylic oxidation sites excluding steroid dienone is 4. The Morgan fingerprint density at radius 1 is 1.27 bits per heavy atom. The van der Waals surface area contributed by atoms with E-state index in [1.165, 1.54) is 21.8 Å². The molecule has 0 radical (unpaired) electrons. The lowest BCUT2D eigenvalue weighted by molar-refractivity contribution is 1.56. The van der Waals surface area contributed by atoms with Crippen molar-refractivity contribution in [2.24, 2.45) is 0 Å². The Balaban J connectivity index is 0.000000500. The van der Waals surface area contributed by atoms with Crippen LogP contribution in [0.2, 0.25) is 0 Å². The molecule has 0 amide bonds. The van der Waals surface area contributed by atoms with Crippen LogP contribution in [0, 0.1) is 0 Å². The topological polar surface area (TPSA) is 0 Å². The van der Waals surface area contributed by atoms with E-state index in [1.54, 1.807) is 0 Å². The predicted molar refractivity (Wildman–Crippen MR) is 56.9 cm³/mol. The summed E-state index contributed by atoms with van der Waals surface area (Å²) in [6.45, 7) is 2.15. The smallest absolute Gasteiger partial charge is 0.0170 e. The van der Waals surface area contributed by atoms with Crippen molar-refractivity contribution in [3.05, 3.63) is 34.3 Å². The van der Waals surface area contributed by atoms with E-state index < -0.39 is 0 Å². The largest absolute Gasteiger partial charge is 0.147 e. The summed E-state index contributed by atoms with van der Waals surface area (Å²) in [5.41, 5.74) is 2.83. The van der Waals surface area contributed by atoms with Crippen molar-refractivity contribution in [2.45, 2.75) is 6.92 Å². The molecule has 0 aromatic rings. The van der Waals surface area contributed by atoms with Gasteiger partial charge >= 0.3 is 0 Å². The summed E-state index contributed by atoms with van der Waals surface area (Å²) < 4.78 is 0. The third-order valence-corrected chi connectivity index (χ3v) is 2.57. The zero-order valence-electron chi connectivity index (χ0n) is 6.16.